The molecule has 2 aromatic carbocycles. The van der Waals surface area contributed by atoms with Gasteiger partial charge in [0.25, 0.3) is 0 Å². The number of aryl methyl sites for hydroxylation is 2. The number of halogens is 1. The first kappa shape index (κ1) is 23.0. The second-order valence-electron chi connectivity index (χ2n) is 6.89. The molecule has 0 fully saturated rings. The summed E-state index contributed by atoms with van der Waals surface area (Å²) < 4.78 is 31.1. The van der Waals surface area contributed by atoms with Crippen molar-refractivity contribution in [2.75, 3.05) is 30.3 Å². The molecule has 2 rings (SSSR count). The number of sulfonamides is 1. The summed E-state index contributed by atoms with van der Waals surface area (Å²) in [5, 5.41) is 3.41. The van der Waals surface area contributed by atoms with E-state index in [1.54, 1.807) is 12.1 Å². The van der Waals surface area contributed by atoms with Crippen molar-refractivity contribution in [2.24, 2.45) is 0 Å². The quantitative estimate of drug-likeness (QED) is 0.574. The summed E-state index contributed by atoms with van der Waals surface area (Å²) in [5.74, 6) is 0.505. The van der Waals surface area contributed by atoms with Crippen LogP contribution in [-0.4, -0.2) is 40.3 Å². The van der Waals surface area contributed by atoms with Gasteiger partial charge in [0, 0.05) is 18.0 Å². The molecule has 0 radical (unpaired) electrons. The minimum Gasteiger partial charge on any atom is -0.492 e. The predicted octanol–water partition coefficient (Wildman–Crippen LogP) is 3.70. The zero-order chi connectivity index (χ0) is 21.4. The first-order valence-corrected chi connectivity index (χ1v) is 11.6. The van der Waals surface area contributed by atoms with Crippen molar-refractivity contribution in [1.82, 2.24) is 5.32 Å². The second kappa shape index (κ2) is 10.5. The monoisotopic (exact) mass is 438 g/mol. The summed E-state index contributed by atoms with van der Waals surface area (Å²) in [5.41, 5.74) is 2.56. The summed E-state index contributed by atoms with van der Waals surface area (Å²) in [6.45, 7) is 4.75. The third-order valence-electron chi connectivity index (χ3n) is 4.29. The largest absolute Gasteiger partial charge is 0.492 e. The van der Waals surface area contributed by atoms with Crippen LogP contribution in [0.5, 0.6) is 5.75 Å². The lowest BCUT2D eigenvalue weighted by Crippen LogP contribution is -2.33. The number of carbonyl (C=O) groups excluding carboxylic acids is 1. The van der Waals surface area contributed by atoms with E-state index in [9.17, 15) is 13.2 Å². The molecule has 0 heterocycles. The maximum absolute atomic E-state index is 12.1. The Morgan fingerprint density at radius 3 is 2.59 bits per heavy atom. The summed E-state index contributed by atoms with van der Waals surface area (Å²) in [6.07, 6.45) is 1.82. The maximum atomic E-state index is 12.1. The predicted molar refractivity (Wildman–Crippen MR) is 117 cm³/mol. The lowest BCUT2D eigenvalue weighted by Gasteiger charge is -2.22. The SMILES string of the molecule is Cc1cccc(N(CCCC(=O)NCCOc2ccc(C)c(Cl)c2)S(C)(=O)=O)c1. The van der Waals surface area contributed by atoms with E-state index in [4.69, 9.17) is 16.3 Å². The lowest BCUT2D eigenvalue weighted by molar-refractivity contribution is -0.121. The van der Waals surface area contributed by atoms with E-state index in [0.717, 1.165) is 11.1 Å². The molecular formula is C21H27ClN2O4S. The van der Waals surface area contributed by atoms with Crippen LogP contribution in [0.4, 0.5) is 5.69 Å². The number of nitrogens with one attached hydrogen (secondary N) is 1. The van der Waals surface area contributed by atoms with Crippen LogP contribution in [0, 0.1) is 13.8 Å². The molecule has 8 heteroatoms. The first-order valence-electron chi connectivity index (χ1n) is 9.37. The Kier molecular flexibility index (Phi) is 8.34. The number of amides is 1. The Morgan fingerprint density at radius 1 is 1.17 bits per heavy atom. The highest BCUT2D eigenvalue weighted by Gasteiger charge is 2.17. The van der Waals surface area contributed by atoms with Crippen LogP contribution < -0.4 is 14.4 Å². The number of ether oxygens (including phenoxy) is 1. The van der Waals surface area contributed by atoms with Crippen LogP contribution in [-0.2, 0) is 14.8 Å². The van der Waals surface area contributed by atoms with Gasteiger partial charge in [-0.2, -0.15) is 0 Å². The summed E-state index contributed by atoms with van der Waals surface area (Å²) in [6, 6.07) is 12.7. The number of benzene rings is 2. The van der Waals surface area contributed by atoms with Crippen molar-refractivity contribution in [3.8, 4) is 5.75 Å². The molecule has 1 N–H and O–H groups in total. The minimum atomic E-state index is -3.42. The molecule has 0 saturated carbocycles. The Balaban J connectivity index is 1.75. The molecular weight excluding hydrogens is 412 g/mol. The zero-order valence-electron chi connectivity index (χ0n) is 16.9. The van der Waals surface area contributed by atoms with E-state index < -0.39 is 10.0 Å². The molecule has 158 valence electrons. The van der Waals surface area contributed by atoms with Gasteiger partial charge in [0.15, 0.2) is 0 Å². The second-order valence-corrected chi connectivity index (χ2v) is 9.20. The van der Waals surface area contributed by atoms with Crippen molar-refractivity contribution in [2.45, 2.75) is 26.7 Å². The average molecular weight is 439 g/mol. The Labute approximate surface area is 177 Å². The van der Waals surface area contributed by atoms with Gasteiger partial charge in [-0.15, -0.1) is 0 Å². The van der Waals surface area contributed by atoms with Gasteiger partial charge in [0.05, 0.1) is 18.5 Å². The van der Waals surface area contributed by atoms with E-state index in [-0.39, 0.29) is 18.9 Å². The lowest BCUT2D eigenvalue weighted by atomic mass is 10.2. The van der Waals surface area contributed by atoms with E-state index in [0.29, 0.717) is 36.0 Å². The zero-order valence-corrected chi connectivity index (χ0v) is 18.5. The van der Waals surface area contributed by atoms with Gasteiger partial charge >= 0.3 is 0 Å². The van der Waals surface area contributed by atoms with Gasteiger partial charge in [-0.1, -0.05) is 29.8 Å². The first-order chi connectivity index (χ1) is 13.7. The summed E-state index contributed by atoms with van der Waals surface area (Å²) in [7, 11) is -3.42. The molecule has 0 aliphatic rings. The van der Waals surface area contributed by atoms with Crippen LogP contribution in [0.15, 0.2) is 42.5 Å². The molecule has 0 atom stereocenters. The average Bonchev–Trinajstić information content (AvgIpc) is 2.64. The number of anilines is 1. The smallest absolute Gasteiger partial charge is 0.232 e. The number of rotatable bonds is 10. The fourth-order valence-electron chi connectivity index (χ4n) is 2.76. The number of nitrogens with zero attached hydrogens (tertiary/aromatic N) is 1. The number of hydrogen-bond acceptors (Lipinski definition) is 4. The molecule has 0 unspecified atom stereocenters. The normalized spacial score (nSPS) is 11.2. The highest BCUT2D eigenvalue weighted by atomic mass is 35.5. The Hall–Kier alpha value is -2.25. The molecule has 0 aliphatic heterocycles. The summed E-state index contributed by atoms with van der Waals surface area (Å²) in [4.78, 5) is 12.0. The van der Waals surface area contributed by atoms with Gasteiger partial charge in [-0.3, -0.25) is 9.10 Å². The molecule has 0 aromatic heterocycles. The fraction of sp³-hybridized carbons (Fsp3) is 0.381. The van der Waals surface area contributed by atoms with E-state index in [1.807, 2.05) is 44.2 Å². The molecule has 0 spiro atoms. The van der Waals surface area contributed by atoms with E-state index in [1.165, 1.54) is 10.6 Å². The van der Waals surface area contributed by atoms with E-state index in [2.05, 4.69) is 5.32 Å². The van der Waals surface area contributed by atoms with Crippen LogP contribution >= 0.6 is 11.6 Å². The minimum absolute atomic E-state index is 0.145. The molecule has 29 heavy (non-hydrogen) atoms. The standard InChI is InChI=1S/C21H27ClN2O4S/c1-16-6-4-7-18(14-16)24(29(3,26)27)12-5-8-21(25)23-11-13-28-19-10-9-17(2)20(22)15-19/h4,6-7,9-10,14-15H,5,8,11-13H2,1-3H3,(H,23,25). The molecule has 2 aromatic rings. The van der Waals surface area contributed by atoms with Crippen LogP contribution in [0.25, 0.3) is 0 Å². The Bertz CT molecular complexity index is 947. The van der Waals surface area contributed by atoms with Crippen LogP contribution in [0.1, 0.15) is 24.0 Å². The van der Waals surface area contributed by atoms with Crippen LogP contribution in [0.2, 0.25) is 5.02 Å². The van der Waals surface area contributed by atoms with Crippen molar-refractivity contribution < 1.29 is 17.9 Å². The molecule has 0 aliphatic carbocycles. The van der Waals surface area contributed by atoms with Gasteiger partial charge < -0.3 is 10.1 Å². The van der Waals surface area contributed by atoms with Crippen LogP contribution in [0.3, 0.4) is 0 Å². The highest BCUT2D eigenvalue weighted by molar-refractivity contribution is 7.92. The number of hydrogen-bond donors (Lipinski definition) is 1. The van der Waals surface area contributed by atoms with Crippen molar-refractivity contribution >= 4 is 33.2 Å². The maximum Gasteiger partial charge on any atom is 0.232 e. The van der Waals surface area contributed by atoms with Gasteiger partial charge in [-0.25, -0.2) is 8.42 Å². The van der Waals surface area contributed by atoms with Gasteiger partial charge in [-0.05, 0) is 55.7 Å². The fourth-order valence-corrected chi connectivity index (χ4v) is 3.89. The molecule has 1 amide bonds. The highest BCUT2D eigenvalue weighted by Crippen LogP contribution is 2.21. The number of carbonyl (C=O) groups is 1. The Morgan fingerprint density at radius 2 is 1.93 bits per heavy atom. The van der Waals surface area contributed by atoms with Crippen molar-refractivity contribution in [1.29, 1.82) is 0 Å². The third-order valence-corrected chi connectivity index (χ3v) is 5.89. The van der Waals surface area contributed by atoms with E-state index >= 15 is 0 Å². The molecule has 0 saturated heterocycles. The molecule has 6 nitrogen and oxygen atoms in total. The topological polar surface area (TPSA) is 75.7 Å². The van der Waals surface area contributed by atoms with Gasteiger partial charge in [0.2, 0.25) is 15.9 Å². The summed E-state index contributed by atoms with van der Waals surface area (Å²) >= 11 is 6.05. The van der Waals surface area contributed by atoms with Crippen molar-refractivity contribution in [3.05, 3.63) is 58.6 Å². The third kappa shape index (κ3) is 7.59. The van der Waals surface area contributed by atoms with Crippen molar-refractivity contribution in [3.63, 3.8) is 0 Å². The van der Waals surface area contributed by atoms with Gasteiger partial charge in [0.1, 0.15) is 12.4 Å². The molecule has 0 bridgehead atoms.